The van der Waals surface area contributed by atoms with Crippen molar-refractivity contribution in [3.8, 4) is 0 Å². The second-order valence-electron chi connectivity index (χ2n) is 5.43. The number of benzene rings is 1. The molecule has 1 heterocycles. The first-order valence-electron chi connectivity index (χ1n) is 7.06. The van der Waals surface area contributed by atoms with Gasteiger partial charge in [-0.2, -0.15) is 0 Å². The molecule has 0 aliphatic carbocycles. The van der Waals surface area contributed by atoms with Crippen molar-refractivity contribution in [2.45, 2.75) is 31.1 Å². The molecule has 4 nitrogen and oxygen atoms in total. The highest BCUT2D eigenvalue weighted by Gasteiger charge is 2.20. The van der Waals surface area contributed by atoms with E-state index in [1.54, 1.807) is 6.07 Å². The van der Waals surface area contributed by atoms with Crippen LogP contribution in [-0.2, 0) is 10.0 Å². The van der Waals surface area contributed by atoms with Crippen LogP contribution in [0, 0.1) is 12.8 Å². The molecule has 1 aliphatic heterocycles. The predicted octanol–water partition coefficient (Wildman–Crippen LogP) is 3.19. The summed E-state index contributed by atoms with van der Waals surface area (Å²) in [6.07, 6.45) is 3.22. The molecule has 118 valence electrons. The standard InChI is InChI=1S/C14H20Br2N2O2S/c1-10-7-13(16)14(8-12(10)15)21(19,20)18-6-4-11-3-2-5-17-9-11/h7-8,11,17-18H,2-6,9H2,1H3. The van der Waals surface area contributed by atoms with E-state index in [9.17, 15) is 8.42 Å². The molecule has 1 aromatic rings. The zero-order valence-corrected chi connectivity index (χ0v) is 15.9. The minimum atomic E-state index is -3.48. The van der Waals surface area contributed by atoms with Crippen molar-refractivity contribution >= 4 is 41.9 Å². The van der Waals surface area contributed by atoms with E-state index in [1.807, 2.05) is 13.0 Å². The summed E-state index contributed by atoms with van der Waals surface area (Å²) in [6.45, 7) is 4.47. The molecule has 1 aromatic carbocycles. The predicted molar refractivity (Wildman–Crippen MR) is 92.0 cm³/mol. The Balaban J connectivity index is 1.99. The van der Waals surface area contributed by atoms with E-state index in [4.69, 9.17) is 0 Å². The Morgan fingerprint density at radius 1 is 1.33 bits per heavy atom. The smallest absolute Gasteiger partial charge is 0.241 e. The van der Waals surface area contributed by atoms with Crippen LogP contribution in [0.4, 0.5) is 0 Å². The lowest BCUT2D eigenvalue weighted by Gasteiger charge is -2.22. The summed E-state index contributed by atoms with van der Waals surface area (Å²) in [5.74, 6) is 0.564. The number of piperidine rings is 1. The minimum Gasteiger partial charge on any atom is -0.316 e. The summed E-state index contributed by atoms with van der Waals surface area (Å²) < 4.78 is 28.9. The number of hydrogen-bond donors (Lipinski definition) is 2. The van der Waals surface area contributed by atoms with Gasteiger partial charge in [0.15, 0.2) is 0 Å². The molecule has 1 atom stereocenters. The average molecular weight is 440 g/mol. The van der Waals surface area contributed by atoms with Gasteiger partial charge in [0, 0.05) is 15.5 Å². The first-order chi connectivity index (χ1) is 9.90. The summed E-state index contributed by atoms with van der Waals surface area (Å²) in [7, 11) is -3.48. The topological polar surface area (TPSA) is 58.2 Å². The van der Waals surface area contributed by atoms with Gasteiger partial charge in [0.05, 0.1) is 4.90 Å². The SMILES string of the molecule is Cc1cc(Br)c(S(=O)(=O)NCCC2CCCNC2)cc1Br. The highest BCUT2D eigenvalue weighted by molar-refractivity contribution is 9.11. The largest absolute Gasteiger partial charge is 0.316 e. The quantitative estimate of drug-likeness (QED) is 0.740. The second kappa shape index (κ2) is 7.55. The molecule has 0 bridgehead atoms. The summed E-state index contributed by atoms with van der Waals surface area (Å²) in [5, 5.41) is 3.35. The van der Waals surface area contributed by atoms with Crippen molar-refractivity contribution in [2.24, 2.45) is 5.92 Å². The highest BCUT2D eigenvalue weighted by atomic mass is 79.9. The van der Waals surface area contributed by atoms with Gasteiger partial charge < -0.3 is 5.32 Å². The van der Waals surface area contributed by atoms with Crippen LogP contribution in [0.1, 0.15) is 24.8 Å². The average Bonchev–Trinajstić information content (AvgIpc) is 2.43. The van der Waals surface area contributed by atoms with Crippen LogP contribution in [0.15, 0.2) is 26.0 Å². The summed E-state index contributed by atoms with van der Waals surface area (Å²) in [4.78, 5) is 0.279. The fourth-order valence-corrected chi connectivity index (χ4v) is 5.20. The first-order valence-corrected chi connectivity index (χ1v) is 10.1. The lowest BCUT2D eigenvalue weighted by Crippen LogP contribution is -2.33. The Labute approximate surface area is 143 Å². The third kappa shape index (κ3) is 4.76. The molecule has 7 heteroatoms. The molecule has 0 radical (unpaired) electrons. The molecule has 1 aliphatic rings. The van der Waals surface area contributed by atoms with Gasteiger partial charge in [-0.3, -0.25) is 0 Å². The van der Waals surface area contributed by atoms with Gasteiger partial charge >= 0.3 is 0 Å². The number of sulfonamides is 1. The van der Waals surface area contributed by atoms with Crippen LogP contribution in [-0.4, -0.2) is 28.1 Å². The fraction of sp³-hybridized carbons (Fsp3) is 0.571. The van der Waals surface area contributed by atoms with E-state index in [-0.39, 0.29) is 4.90 Å². The highest BCUT2D eigenvalue weighted by Crippen LogP contribution is 2.28. The lowest BCUT2D eigenvalue weighted by molar-refractivity contribution is 0.358. The molecule has 2 N–H and O–H groups in total. The Bertz CT molecular complexity index is 599. The van der Waals surface area contributed by atoms with E-state index in [2.05, 4.69) is 41.9 Å². The van der Waals surface area contributed by atoms with Crippen LogP contribution in [0.25, 0.3) is 0 Å². The van der Waals surface area contributed by atoms with Crippen LogP contribution in [0.3, 0.4) is 0 Å². The monoisotopic (exact) mass is 438 g/mol. The summed E-state index contributed by atoms with van der Waals surface area (Å²) in [6, 6.07) is 3.45. The van der Waals surface area contributed by atoms with E-state index in [0.29, 0.717) is 16.9 Å². The Morgan fingerprint density at radius 3 is 2.76 bits per heavy atom. The molecule has 1 fully saturated rings. The van der Waals surface area contributed by atoms with Crippen molar-refractivity contribution in [2.75, 3.05) is 19.6 Å². The summed E-state index contributed by atoms with van der Waals surface area (Å²) >= 11 is 6.72. The normalized spacial score (nSPS) is 19.7. The third-order valence-corrected chi connectivity index (χ3v) is 7.02. The fourth-order valence-electron chi connectivity index (χ4n) is 2.48. The van der Waals surface area contributed by atoms with Crippen molar-refractivity contribution in [1.82, 2.24) is 10.0 Å². The van der Waals surface area contributed by atoms with Gasteiger partial charge in [-0.05, 0) is 78.8 Å². The van der Waals surface area contributed by atoms with E-state index < -0.39 is 10.0 Å². The molecule has 1 unspecified atom stereocenters. The van der Waals surface area contributed by atoms with Crippen LogP contribution in [0.5, 0.6) is 0 Å². The van der Waals surface area contributed by atoms with E-state index >= 15 is 0 Å². The molecular weight excluding hydrogens is 420 g/mol. The van der Waals surface area contributed by atoms with Gasteiger partial charge in [0.25, 0.3) is 0 Å². The summed E-state index contributed by atoms with van der Waals surface area (Å²) in [5.41, 5.74) is 0.995. The lowest BCUT2D eigenvalue weighted by atomic mass is 9.96. The van der Waals surface area contributed by atoms with Crippen molar-refractivity contribution in [3.05, 3.63) is 26.6 Å². The molecule has 0 spiro atoms. The zero-order valence-electron chi connectivity index (χ0n) is 12.0. The molecular formula is C14H20Br2N2O2S. The number of rotatable bonds is 5. The van der Waals surface area contributed by atoms with E-state index in [1.165, 1.54) is 12.8 Å². The molecule has 21 heavy (non-hydrogen) atoms. The molecule has 1 saturated heterocycles. The maximum atomic E-state index is 12.4. The Kier molecular flexibility index (Phi) is 6.25. The van der Waals surface area contributed by atoms with Gasteiger partial charge in [-0.15, -0.1) is 0 Å². The third-order valence-electron chi connectivity index (χ3n) is 3.75. The van der Waals surface area contributed by atoms with Crippen LogP contribution >= 0.6 is 31.9 Å². The maximum Gasteiger partial charge on any atom is 0.241 e. The molecule has 0 aromatic heterocycles. The van der Waals surface area contributed by atoms with Gasteiger partial charge in [0.1, 0.15) is 0 Å². The Hall–Kier alpha value is 0.0500. The molecule has 0 amide bonds. The maximum absolute atomic E-state index is 12.4. The number of aryl methyl sites for hydroxylation is 1. The molecule has 2 rings (SSSR count). The second-order valence-corrected chi connectivity index (χ2v) is 8.87. The van der Waals surface area contributed by atoms with Crippen molar-refractivity contribution in [1.29, 1.82) is 0 Å². The van der Waals surface area contributed by atoms with Gasteiger partial charge in [0.2, 0.25) is 10.0 Å². The Morgan fingerprint density at radius 2 is 2.10 bits per heavy atom. The van der Waals surface area contributed by atoms with Crippen molar-refractivity contribution < 1.29 is 8.42 Å². The molecule has 0 saturated carbocycles. The van der Waals surface area contributed by atoms with Crippen LogP contribution < -0.4 is 10.0 Å². The number of hydrogen-bond acceptors (Lipinski definition) is 3. The number of halogens is 2. The minimum absolute atomic E-state index is 0.279. The van der Waals surface area contributed by atoms with Crippen molar-refractivity contribution in [3.63, 3.8) is 0 Å². The first kappa shape index (κ1) is 17.4. The number of nitrogens with one attached hydrogen (secondary N) is 2. The van der Waals surface area contributed by atoms with E-state index in [0.717, 1.165) is 29.5 Å². The zero-order chi connectivity index (χ0) is 15.5. The van der Waals surface area contributed by atoms with Crippen LogP contribution in [0.2, 0.25) is 0 Å². The van der Waals surface area contributed by atoms with Gasteiger partial charge in [-0.25, -0.2) is 13.1 Å². The van der Waals surface area contributed by atoms with Gasteiger partial charge in [-0.1, -0.05) is 15.9 Å².